The van der Waals surface area contributed by atoms with Crippen molar-refractivity contribution < 1.29 is 9.53 Å². The lowest BCUT2D eigenvalue weighted by Crippen LogP contribution is -1.99. The molecule has 1 aliphatic rings. The quantitative estimate of drug-likeness (QED) is 0.217. The molecule has 0 saturated carbocycles. The normalized spacial score (nSPS) is 17.0. The van der Waals surface area contributed by atoms with E-state index < -0.39 is 0 Å². The van der Waals surface area contributed by atoms with Gasteiger partial charge in [0.1, 0.15) is 0 Å². The van der Waals surface area contributed by atoms with Crippen LogP contribution in [0.5, 0.6) is 0 Å². The molecule has 0 spiro atoms. The summed E-state index contributed by atoms with van der Waals surface area (Å²) >= 11 is 0. The number of rotatable bonds is 14. The Balaban J connectivity index is 1.69. The maximum Gasteiger partial charge on any atom is 0.305 e. The van der Waals surface area contributed by atoms with E-state index in [1.807, 2.05) is 0 Å². The van der Waals surface area contributed by atoms with E-state index in [0.717, 1.165) is 12.3 Å². The number of ether oxygens (including phenoxy) is 1. The maximum atomic E-state index is 10.9. The van der Waals surface area contributed by atoms with Crippen LogP contribution in [0, 0.1) is 5.92 Å². The largest absolute Gasteiger partial charge is 0.469 e. The van der Waals surface area contributed by atoms with Crippen molar-refractivity contribution in [3.63, 3.8) is 0 Å². The molecule has 2 heteroatoms. The van der Waals surface area contributed by atoms with E-state index in [2.05, 4.69) is 16.9 Å². The lowest BCUT2D eigenvalue weighted by Gasteiger charge is -2.06. The minimum absolute atomic E-state index is 0.0658. The molecule has 2 nitrogen and oxygen atoms in total. The number of hydrogen-bond acceptors (Lipinski definition) is 2. The zero-order chi connectivity index (χ0) is 15.9. The Morgan fingerprint density at radius 1 is 0.909 bits per heavy atom. The van der Waals surface area contributed by atoms with Gasteiger partial charge in [0.2, 0.25) is 0 Å². The molecule has 1 aliphatic carbocycles. The molecule has 0 heterocycles. The first-order valence-electron chi connectivity index (χ1n) is 9.56. The Kier molecular flexibility index (Phi) is 12.1. The molecular weight excluding hydrogens is 272 g/mol. The van der Waals surface area contributed by atoms with Gasteiger partial charge in [-0.2, -0.15) is 0 Å². The summed E-state index contributed by atoms with van der Waals surface area (Å²) in [7, 11) is 1.47. The molecule has 0 aromatic carbocycles. The molecule has 0 radical (unpaired) electrons. The molecule has 22 heavy (non-hydrogen) atoms. The van der Waals surface area contributed by atoms with Crippen LogP contribution in [0.4, 0.5) is 0 Å². The predicted molar refractivity (Wildman–Crippen MR) is 93.9 cm³/mol. The zero-order valence-electron chi connectivity index (χ0n) is 14.7. The molecule has 0 N–H and O–H groups in total. The Morgan fingerprint density at radius 2 is 1.45 bits per heavy atom. The zero-order valence-corrected chi connectivity index (χ0v) is 14.7. The van der Waals surface area contributed by atoms with Gasteiger partial charge in [-0.1, -0.05) is 76.4 Å². The molecule has 0 saturated heterocycles. The minimum atomic E-state index is -0.0658. The van der Waals surface area contributed by atoms with E-state index in [0.29, 0.717) is 6.42 Å². The first-order valence-corrected chi connectivity index (χ1v) is 9.56. The summed E-state index contributed by atoms with van der Waals surface area (Å²) in [5.74, 6) is 0.836. The van der Waals surface area contributed by atoms with E-state index in [1.54, 1.807) is 0 Å². The highest BCUT2D eigenvalue weighted by Gasteiger charge is 2.07. The highest BCUT2D eigenvalue weighted by molar-refractivity contribution is 5.68. The monoisotopic (exact) mass is 308 g/mol. The van der Waals surface area contributed by atoms with Gasteiger partial charge in [0.25, 0.3) is 0 Å². The van der Waals surface area contributed by atoms with Gasteiger partial charge >= 0.3 is 5.97 Å². The highest BCUT2D eigenvalue weighted by atomic mass is 16.5. The second-order valence-corrected chi connectivity index (χ2v) is 6.77. The third-order valence-corrected chi connectivity index (χ3v) is 4.80. The maximum absolute atomic E-state index is 10.9. The van der Waals surface area contributed by atoms with Crippen LogP contribution in [0.3, 0.4) is 0 Å². The summed E-state index contributed by atoms with van der Waals surface area (Å²) in [6.07, 6.45) is 24.1. The van der Waals surface area contributed by atoms with Gasteiger partial charge in [-0.25, -0.2) is 0 Å². The van der Waals surface area contributed by atoms with Crippen molar-refractivity contribution in [1.29, 1.82) is 0 Å². The number of carbonyl (C=O) groups excluding carboxylic acids is 1. The van der Waals surface area contributed by atoms with Crippen molar-refractivity contribution in [3.05, 3.63) is 12.2 Å². The minimum Gasteiger partial charge on any atom is -0.469 e. The summed E-state index contributed by atoms with van der Waals surface area (Å²) in [6, 6.07) is 0. The predicted octanol–water partition coefficient (Wildman–Crippen LogP) is 6.20. The van der Waals surface area contributed by atoms with Gasteiger partial charge in [0.05, 0.1) is 7.11 Å². The molecule has 1 atom stereocenters. The van der Waals surface area contributed by atoms with Gasteiger partial charge in [-0.05, 0) is 31.6 Å². The molecular formula is C20H36O2. The summed E-state index contributed by atoms with van der Waals surface area (Å²) in [5.41, 5.74) is 0. The first kappa shape index (κ1) is 19.3. The molecule has 0 aromatic heterocycles. The lowest BCUT2D eigenvalue weighted by molar-refractivity contribution is -0.140. The van der Waals surface area contributed by atoms with E-state index >= 15 is 0 Å². The van der Waals surface area contributed by atoms with Gasteiger partial charge < -0.3 is 4.74 Å². The fraction of sp³-hybridized carbons (Fsp3) is 0.850. The van der Waals surface area contributed by atoms with Crippen molar-refractivity contribution in [2.75, 3.05) is 7.11 Å². The van der Waals surface area contributed by atoms with E-state index in [-0.39, 0.29) is 5.97 Å². The third kappa shape index (κ3) is 10.9. The van der Waals surface area contributed by atoms with Crippen LogP contribution >= 0.6 is 0 Å². The van der Waals surface area contributed by atoms with Crippen LogP contribution in [0.2, 0.25) is 0 Å². The van der Waals surface area contributed by atoms with Crippen LogP contribution in [-0.4, -0.2) is 13.1 Å². The van der Waals surface area contributed by atoms with Crippen molar-refractivity contribution in [1.82, 2.24) is 0 Å². The number of hydrogen-bond donors (Lipinski definition) is 0. The summed E-state index contributed by atoms with van der Waals surface area (Å²) < 4.78 is 4.64. The topological polar surface area (TPSA) is 26.3 Å². The van der Waals surface area contributed by atoms with E-state index in [9.17, 15) is 4.79 Å². The Hall–Kier alpha value is -0.790. The average Bonchev–Trinajstić information content (AvgIpc) is 3.04. The molecule has 0 bridgehead atoms. The van der Waals surface area contributed by atoms with Crippen LogP contribution in [0.15, 0.2) is 12.2 Å². The molecule has 0 aromatic rings. The molecule has 128 valence electrons. The second kappa shape index (κ2) is 13.8. The average molecular weight is 309 g/mol. The van der Waals surface area contributed by atoms with Crippen molar-refractivity contribution in [3.8, 4) is 0 Å². The van der Waals surface area contributed by atoms with Gasteiger partial charge in [-0.15, -0.1) is 0 Å². The fourth-order valence-electron chi connectivity index (χ4n) is 3.30. The molecule has 0 fully saturated rings. The number of allylic oxidation sites excluding steroid dienone is 2. The van der Waals surface area contributed by atoms with Gasteiger partial charge in [0, 0.05) is 6.42 Å². The summed E-state index contributed by atoms with van der Waals surface area (Å²) in [5, 5.41) is 0. The summed E-state index contributed by atoms with van der Waals surface area (Å²) in [6.45, 7) is 0. The first-order chi connectivity index (χ1) is 10.8. The van der Waals surface area contributed by atoms with E-state index in [1.165, 1.54) is 90.6 Å². The number of unbranched alkanes of at least 4 members (excludes halogenated alkanes) is 10. The Labute approximate surface area is 137 Å². The van der Waals surface area contributed by atoms with Crippen molar-refractivity contribution in [2.45, 2.75) is 96.3 Å². The van der Waals surface area contributed by atoms with Gasteiger partial charge in [0.15, 0.2) is 0 Å². The van der Waals surface area contributed by atoms with Crippen LogP contribution in [0.1, 0.15) is 96.3 Å². The Bertz CT molecular complexity index is 296. The van der Waals surface area contributed by atoms with Crippen LogP contribution in [-0.2, 0) is 9.53 Å². The molecule has 0 aliphatic heterocycles. The van der Waals surface area contributed by atoms with Crippen LogP contribution < -0.4 is 0 Å². The lowest BCUT2D eigenvalue weighted by atomic mass is 9.99. The molecule has 1 rings (SSSR count). The van der Waals surface area contributed by atoms with Gasteiger partial charge in [-0.3, -0.25) is 4.79 Å². The third-order valence-electron chi connectivity index (χ3n) is 4.80. The number of carbonyl (C=O) groups is 1. The Morgan fingerprint density at radius 3 is 1.95 bits per heavy atom. The SMILES string of the molecule is COC(=O)CCCCCCCCCCCCCC1C=CCC1. The fourth-order valence-corrected chi connectivity index (χ4v) is 3.30. The highest BCUT2D eigenvalue weighted by Crippen LogP contribution is 2.23. The van der Waals surface area contributed by atoms with Crippen LogP contribution in [0.25, 0.3) is 0 Å². The standard InChI is InChI=1S/C20H36O2/c1-22-20(21)18-12-10-8-6-4-2-3-5-7-9-11-15-19-16-13-14-17-19/h13,16,19H,2-12,14-15,17-18H2,1H3. The second-order valence-electron chi connectivity index (χ2n) is 6.77. The van der Waals surface area contributed by atoms with E-state index in [4.69, 9.17) is 0 Å². The number of esters is 1. The number of methoxy groups -OCH3 is 1. The van der Waals surface area contributed by atoms with Crippen molar-refractivity contribution >= 4 is 5.97 Å². The smallest absolute Gasteiger partial charge is 0.305 e. The molecule has 0 amide bonds. The van der Waals surface area contributed by atoms with Crippen molar-refractivity contribution in [2.24, 2.45) is 5.92 Å². The summed E-state index contributed by atoms with van der Waals surface area (Å²) in [4.78, 5) is 10.9. The molecule has 1 unspecified atom stereocenters.